The first kappa shape index (κ1) is 17.1. The van der Waals surface area contributed by atoms with Gasteiger partial charge in [0, 0.05) is 36.7 Å². The number of benzene rings is 1. The van der Waals surface area contributed by atoms with Crippen LogP contribution in [0.2, 0.25) is 4.34 Å². The summed E-state index contributed by atoms with van der Waals surface area (Å²) in [5.41, 5.74) is 1.10. The fraction of sp³-hybridized carbons (Fsp3) is 0.353. The van der Waals surface area contributed by atoms with Crippen molar-refractivity contribution in [3.63, 3.8) is 0 Å². The van der Waals surface area contributed by atoms with Crippen LogP contribution in [0.5, 0.6) is 5.75 Å². The van der Waals surface area contributed by atoms with Crippen LogP contribution >= 0.6 is 22.9 Å². The highest BCUT2D eigenvalue weighted by atomic mass is 35.5. The Kier molecular flexibility index (Phi) is 5.60. The third-order valence-corrected chi connectivity index (χ3v) is 5.27. The first-order chi connectivity index (χ1) is 11.6. The summed E-state index contributed by atoms with van der Waals surface area (Å²) in [7, 11) is 0. The van der Waals surface area contributed by atoms with Crippen molar-refractivity contribution in [3.8, 4) is 5.75 Å². The molecule has 0 bridgehead atoms. The molecular formula is C17H20ClN3O2S. The van der Waals surface area contributed by atoms with Gasteiger partial charge in [-0.05, 0) is 36.4 Å². The zero-order chi connectivity index (χ0) is 16.9. The number of nitrogens with zero attached hydrogens (tertiary/aromatic N) is 2. The molecule has 1 aromatic carbocycles. The lowest BCUT2D eigenvalue weighted by molar-refractivity contribution is -0.122. The SMILES string of the molecule is O=C(CN1CCN(c2ccc(O)cc2)CC1)NCc1ccc(Cl)s1. The molecule has 0 unspecified atom stereocenters. The molecule has 3 rings (SSSR count). The number of halogens is 1. The molecule has 0 saturated carbocycles. The van der Waals surface area contributed by atoms with E-state index in [-0.39, 0.29) is 11.7 Å². The Bertz CT molecular complexity index is 681. The van der Waals surface area contributed by atoms with Gasteiger partial charge in [-0.3, -0.25) is 9.69 Å². The molecule has 1 aromatic heterocycles. The van der Waals surface area contributed by atoms with Gasteiger partial charge < -0.3 is 15.3 Å². The van der Waals surface area contributed by atoms with E-state index in [1.165, 1.54) is 11.3 Å². The van der Waals surface area contributed by atoms with E-state index in [0.717, 1.165) is 41.1 Å². The zero-order valence-corrected chi connectivity index (χ0v) is 14.8. The second-order valence-electron chi connectivity index (χ2n) is 5.76. The number of phenols is 1. The van der Waals surface area contributed by atoms with Crippen molar-refractivity contribution in [1.29, 1.82) is 0 Å². The number of thiophene rings is 1. The first-order valence-corrected chi connectivity index (χ1v) is 9.07. The Hall–Kier alpha value is -1.76. The van der Waals surface area contributed by atoms with Crippen LogP contribution < -0.4 is 10.2 Å². The maximum atomic E-state index is 12.1. The Morgan fingerprint density at radius 3 is 2.46 bits per heavy atom. The second kappa shape index (κ2) is 7.88. The van der Waals surface area contributed by atoms with Crippen LogP contribution in [-0.2, 0) is 11.3 Å². The van der Waals surface area contributed by atoms with Gasteiger partial charge in [0.1, 0.15) is 5.75 Å². The molecule has 24 heavy (non-hydrogen) atoms. The molecule has 7 heteroatoms. The molecule has 1 aliphatic heterocycles. The topological polar surface area (TPSA) is 55.8 Å². The van der Waals surface area contributed by atoms with Crippen molar-refractivity contribution in [2.75, 3.05) is 37.6 Å². The highest BCUT2D eigenvalue weighted by Gasteiger charge is 2.19. The summed E-state index contributed by atoms with van der Waals surface area (Å²) in [6.45, 7) is 4.39. The van der Waals surface area contributed by atoms with E-state index in [0.29, 0.717) is 13.1 Å². The fourth-order valence-corrected chi connectivity index (χ4v) is 3.75. The standard InChI is InChI=1S/C17H20ClN3O2S/c18-16-6-5-15(24-16)11-19-17(23)12-20-7-9-21(10-8-20)13-1-3-14(22)4-2-13/h1-6,22H,7-12H2,(H,19,23). The molecule has 0 atom stereocenters. The molecule has 2 aromatic rings. The average molecular weight is 366 g/mol. The van der Waals surface area contributed by atoms with Gasteiger partial charge in [-0.1, -0.05) is 11.6 Å². The third-order valence-electron chi connectivity index (χ3n) is 4.04. The van der Waals surface area contributed by atoms with Gasteiger partial charge in [0.05, 0.1) is 17.4 Å². The number of nitrogens with one attached hydrogen (secondary N) is 1. The van der Waals surface area contributed by atoms with Crippen LogP contribution in [0.15, 0.2) is 36.4 Å². The number of hydrogen-bond acceptors (Lipinski definition) is 5. The lowest BCUT2D eigenvalue weighted by atomic mass is 10.2. The molecule has 1 aliphatic rings. The van der Waals surface area contributed by atoms with Crippen molar-refractivity contribution in [2.24, 2.45) is 0 Å². The van der Waals surface area contributed by atoms with Crippen molar-refractivity contribution in [3.05, 3.63) is 45.6 Å². The summed E-state index contributed by atoms with van der Waals surface area (Å²) in [6.07, 6.45) is 0. The Morgan fingerprint density at radius 2 is 1.83 bits per heavy atom. The maximum Gasteiger partial charge on any atom is 0.234 e. The van der Waals surface area contributed by atoms with Gasteiger partial charge in [0.2, 0.25) is 5.91 Å². The number of piperazine rings is 1. The number of amides is 1. The van der Waals surface area contributed by atoms with Crippen LogP contribution in [0.1, 0.15) is 4.88 Å². The highest BCUT2D eigenvalue weighted by Crippen LogP contribution is 2.21. The Balaban J connectivity index is 1.41. The smallest absolute Gasteiger partial charge is 0.234 e. The van der Waals surface area contributed by atoms with Crippen LogP contribution in [0.3, 0.4) is 0 Å². The second-order valence-corrected chi connectivity index (χ2v) is 7.56. The monoisotopic (exact) mass is 365 g/mol. The Labute approximate surface area is 150 Å². The molecule has 2 heterocycles. The predicted octanol–water partition coefficient (Wildman–Crippen LogP) is 2.55. The average Bonchev–Trinajstić information content (AvgIpc) is 3.00. The van der Waals surface area contributed by atoms with E-state index >= 15 is 0 Å². The first-order valence-electron chi connectivity index (χ1n) is 7.87. The highest BCUT2D eigenvalue weighted by molar-refractivity contribution is 7.16. The molecule has 5 nitrogen and oxygen atoms in total. The van der Waals surface area contributed by atoms with Gasteiger partial charge in [-0.25, -0.2) is 0 Å². The molecular weight excluding hydrogens is 346 g/mol. The number of carbonyl (C=O) groups is 1. The molecule has 1 fully saturated rings. The van der Waals surface area contributed by atoms with E-state index in [2.05, 4.69) is 15.1 Å². The molecule has 1 saturated heterocycles. The summed E-state index contributed by atoms with van der Waals surface area (Å²) >= 11 is 7.37. The number of anilines is 1. The van der Waals surface area contributed by atoms with E-state index in [4.69, 9.17) is 11.6 Å². The van der Waals surface area contributed by atoms with Gasteiger partial charge in [-0.15, -0.1) is 11.3 Å². The predicted molar refractivity (Wildman–Crippen MR) is 97.9 cm³/mol. The maximum absolute atomic E-state index is 12.1. The van der Waals surface area contributed by atoms with E-state index in [1.807, 2.05) is 24.3 Å². The quantitative estimate of drug-likeness (QED) is 0.855. The number of phenolic OH excluding ortho intramolecular Hbond substituents is 1. The van der Waals surface area contributed by atoms with Crippen LogP contribution in [-0.4, -0.2) is 48.6 Å². The number of aromatic hydroxyl groups is 1. The third kappa shape index (κ3) is 4.63. The van der Waals surface area contributed by atoms with Crippen LogP contribution in [0.4, 0.5) is 5.69 Å². The summed E-state index contributed by atoms with van der Waals surface area (Å²) < 4.78 is 0.740. The van der Waals surface area contributed by atoms with Crippen molar-refractivity contribution < 1.29 is 9.90 Å². The minimum Gasteiger partial charge on any atom is -0.508 e. The van der Waals surface area contributed by atoms with Gasteiger partial charge in [-0.2, -0.15) is 0 Å². The van der Waals surface area contributed by atoms with Crippen molar-refractivity contribution in [1.82, 2.24) is 10.2 Å². The van der Waals surface area contributed by atoms with E-state index < -0.39 is 0 Å². The van der Waals surface area contributed by atoms with Crippen LogP contribution in [0, 0.1) is 0 Å². The van der Waals surface area contributed by atoms with Gasteiger partial charge in [0.15, 0.2) is 0 Å². The normalized spacial score (nSPS) is 15.5. The fourth-order valence-electron chi connectivity index (χ4n) is 2.72. The van der Waals surface area contributed by atoms with Crippen molar-refractivity contribution >= 4 is 34.5 Å². The minimum absolute atomic E-state index is 0.0394. The lowest BCUT2D eigenvalue weighted by Gasteiger charge is -2.35. The van der Waals surface area contributed by atoms with Gasteiger partial charge >= 0.3 is 0 Å². The molecule has 0 aliphatic carbocycles. The van der Waals surface area contributed by atoms with Crippen LogP contribution in [0.25, 0.3) is 0 Å². The summed E-state index contributed by atoms with van der Waals surface area (Å²) in [5, 5.41) is 12.3. The molecule has 0 spiro atoms. The van der Waals surface area contributed by atoms with Gasteiger partial charge in [0.25, 0.3) is 0 Å². The Morgan fingerprint density at radius 1 is 1.12 bits per heavy atom. The lowest BCUT2D eigenvalue weighted by Crippen LogP contribution is -2.49. The molecule has 128 valence electrons. The number of carbonyl (C=O) groups excluding carboxylic acids is 1. The minimum atomic E-state index is 0.0394. The van der Waals surface area contributed by atoms with E-state index in [1.54, 1.807) is 12.1 Å². The number of hydrogen-bond donors (Lipinski definition) is 2. The number of rotatable bonds is 5. The molecule has 2 N–H and O–H groups in total. The summed E-state index contributed by atoms with van der Waals surface area (Å²) in [4.78, 5) is 17.5. The summed E-state index contributed by atoms with van der Waals surface area (Å²) in [6, 6.07) is 11.0. The van der Waals surface area contributed by atoms with E-state index in [9.17, 15) is 9.90 Å². The zero-order valence-electron chi connectivity index (χ0n) is 13.2. The largest absolute Gasteiger partial charge is 0.508 e. The summed E-state index contributed by atoms with van der Waals surface area (Å²) in [5.74, 6) is 0.318. The van der Waals surface area contributed by atoms with Crippen molar-refractivity contribution in [2.45, 2.75) is 6.54 Å². The molecule has 0 radical (unpaired) electrons. The molecule has 1 amide bonds.